The largest absolute Gasteiger partial charge is 0.478 e. The Hall–Kier alpha value is -1.40. The van der Waals surface area contributed by atoms with Gasteiger partial charge in [0, 0.05) is 12.6 Å². The van der Waals surface area contributed by atoms with Crippen LogP contribution in [0.1, 0.15) is 30.1 Å². The van der Waals surface area contributed by atoms with Gasteiger partial charge in [0.1, 0.15) is 0 Å². The second kappa shape index (κ2) is 5.93. The molecule has 0 aliphatic heterocycles. The summed E-state index contributed by atoms with van der Waals surface area (Å²) in [6.45, 7) is 3.37. The molecule has 1 aromatic carbocycles. The zero-order chi connectivity index (χ0) is 14.8. The first kappa shape index (κ1) is 15.0. The van der Waals surface area contributed by atoms with E-state index in [-0.39, 0.29) is 16.2 Å². The van der Waals surface area contributed by atoms with Crippen molar-refractivity contribution < 1.29 is 18.3 Å². The van der Waals surface area contributed by atoms with E-state index in [2.05, 4.69) is 4.90 Å². The Bertz CT molecular complexity index is 593. The lowest BCUT2D eigenvalue weighted by molar-refractivity contribution is 0.0696. The lowest BCUT2D eigenvalue weighted by Crippen LogP contribution is -2.31. The molecule has 0 aromatic heterocycles. The number of nitrogens with zero attached hydrogens (tertiary/aromatic N) is 1. The average Bonchev–Trinajstić information content (AvgIpc) is 3.24. The predicted molar refractivity (Wildman–Crippen MR) is 75.7 cm³/mol. The first-order valence-electron chi connectivity index (χ1n) is 6.74. The molecule has 20 heavy (non-hydrogen) atoms. The van der Waals surface area contributed by atoms with Crippen LogP contribution in [0.25, 0.3) is 0 Å². The summed E-state index contributed by atoms with van der Waals surface area (Å²) in [5.74, 6) is -1.09. The minimum Gasteiger partial charge on any atom is -0.478 e. The molecule has 0 amide bonds. The van der Waals surface area contributed by atoms with Crippen molar-refractivity contribution in [3.05, 3.63) is 29.8 Å². The van der Waals surface area contributed by atoms with Gasteiger partial charge in [-0.05, 0) is 37.6 Å². The molecule has 1 fully saturated rings. The highest BCUT2D eigenvalue weighted by molar-refractivity contribution is 7.91. The Morgan fingerprint density at radius 3 is 2.65 bits per heavy atom. The van der Waals surface area contributed by atoms with Crippen LogP contribution in [0.5, 0.6) is 0 Å². The monoisotopic (exact) mass is 297 g/mol. The summed E-state index contributed by atoms with van der Waals surface area (Å²) >= 11 is 0. The van der Waals surface area contributed by atoms with Crippen LogP contribution in [0.15, 0.2) is 29.2 Å². The van der Waals surface area contributed by atoms with E-state index in [1.54, 1.807) is 0 Å². The SMILES string of the molecule is CCN(CCS(=O)(=O)c1cccc(C(=O)O)c1)C1CC1. The molecule has 110 valence electrons. The van der Waals surface area contributed by atoms with Crippen molar-refractivity contribution in [1.29, 1.82) is 0 Å². The third-order valence-electron chi connectivity index (χ3n) is 3.56. The van der Waals surface area contributed by atoms with Crippen LogP contribution in [-0.4, -0.2) is 49.3 Å². The molecule has 0 unspecified atom stereocenters. The maximum absolute atomic E-state index is 12.3. The molecular weight excluding hydrogens is 278 g/mol. The van der Waals surface area contributed by atoms with Crippen LogP contribution in [0.4, 0.5) is 0 Å². The first-order valence-corrected chi connectivity index (χ1v) is 8.39. The number of carboxylic acids is 1. The maximum Gasteiger partial charge on any atom is 0.335 e. The molecular formula is C14H19NO4S. The topological polar surface area (TPSA) is 74.7 Å². The minimum absolute atomic E-state index is 0.000570. The summed E-state index contributed by atoms with van der Waals surface area (Å²) < 4.78 is 24.5. The summed E-state index contributed by atoms with van der Waals surface area (Å²) in [4.78, 5) is 13.1. The Morgan fingerprint density at radius 1 is 1.40 bits per heavy atom. The van der Waals surface area contributed by atoms with Crippen molar-refractivity contribution >= 4 is 15.8 Å². The molecule has 1 aliphatic carbocycles. The van der Waals surface area contributed by atoms with E-state index in [0.717, 1.165) is 19.4 Å². The van der Waals surface area contributed by atoms with E-state index in [1.807, 2.05) is 6.92 Å². The summed E-state index contributed by atoms with van der Waals surface area (Å²) in [7, 11) is -3.43. The van der Waals surface area contributed by atoms with Crippen molar-refractivity contribution in [2.24, 2.45) is 0 Å². The number of rotatable bonds is 7. The fourth-order valence-electron chi connectivity index (χ4n) is 2.22. The number of hydrogen-bond donors (Lipinski definition) is 1. The van der Waals surface area contributed by atoms with Gasteiger partial charge in [-0.3, -0.25) is 4.90 Å². The van der Waals surface area contributed by atoms with Crippen LogP contribution < -0.4 is 0 Å². The van der Waals surface area contributed by atoms with Gasteiger partial charge in [-0.15, -0.1) is 0 Å². The Labute approximate surface area is 119 Å². The third kappa shape index (κ3) is 3.58. The summed E-state index contributed by atoms with van der Waals surface area (Å²) in [6.07, 6.45) is 2.28. The van der Waals surface area contributed by atoms with E-state index in [1.165, 1.54) is 24.3 Å². The highest BCUT2D eigenvalue weighted by Gasteiger charge is 2.28. The quantitative estimate of drug-likeness (QED) is 0.828. The molecule has 6 heteroatoms. The minimum atomic E-state index is -3.43. The molecule has 2 rings (SSSR count). The Morgan fingerprint density at radius 2 is 2.10 bits per heavy atom. The van der Waals surface area contributed by atoms with Crippen LogP contribution in [0, 0.1) is 0 Å². The zero-order valence-electron chi connectivity index (χ0n) is 11.4. The molecule has 0 radical (unpaired) electrons. The van der Waals surface area contributed by atoms with Gasteiger partial charge in [0.05, 0.1) is 16.2 Å². The zero-order valence-corrected chi connectivity index (χ0v) is 12.3. The van der Waals surface area contributed by atoms with Crippen molar-refractivity contribution in [1.82, 2.24) is 4.90 Å². The highest BCUT2D eigenvalue weighted by Crippen LogP contribution is 2.26. The highest BCUT2D eigenvalue weighted by atomic mass is 32.2. The molecule has 1 N–H and O–H groups in total. The molecule has 5 nitrogen and oxygen atoms in total. The van der Waals surface area contributed by atoms with Gasteiger partial charge in [-0.2, -0.15) is 0 Å². The van der Waals surface area contributed by atoms with Gasteiger partial charge >= 0.3 is 5.97 Å². The van der Waals surface area contributed by atoms with Crippen LogP contribution in [0.2, 0.25) is 0 Å². The third-order valence-corrected chi connectivity index (χ3v) is 5.25. The van der Waals surface area contributed by atoms with Gasteiger partial charge in [-0.25, -0.2) is 13.2 Å². The number of hydrogen-bond acceptors (Lipinski definition) is 4. The van der Waals surface area contributed by atoms with Gasteiger partial charge in [0.15, 0.2) is 9.84 Å². The van der Waals surface area contributed by atoms with E-state index < -0.39 is 15.8 Å². The molecule has 0 atom stereocenters. The normalized spacial score (nSPS) is 15.5. The van der Waals surface area contributed by atoms with Crippen LogP contribution in [0.3, 0.4) is 0 Å². The van der Waals surface area contributed by atoms with E-state index in [4.69, 9.17) is 5.11 Å². The van der Waals surface area contributed by atoms with Gasteiger partial charge in [0.25, 0.3) is 0 Å². The van der Waals surface area contributed by atoms with Crippen LogP contribution in [-0.2, 0) is 9.84 Å². The van der Waals surface area contributed by atoms with Crippen LogP contribution >= 0.6 is 0 Å². The number of benzene rings is 1. The number of aromatic carboxylic acids is 1. The summed E-state index contributed by atoms with van der Waals surface area (Å²) in [5, 5.41) is 8.91. The van der Waals surface area contributed by atoms with Crippen molar-refractivity contribution in [3.8, 4) is 0 Å². The Kier molecular flexibility index (Phi) is 4.45. The second-order valence-electron chi connectivity index (χ2n) is 5.01. The second-order valence-corrected chi connectivity index (χ2v) is 7.12. The molecule has 0 spiro atoms. The average molecular weight is 297 g/mol. The fourth-order valence-corrected chi connectivity index (χ4v) is 3.52. The van der Waals surface area contributed by atoms with E-state index >= 15 is 0 Å². The lowest BCUT2D eigenvalue weighted by atomic mass is 10.2. The first-order chi connectivity index (χ1) is 9.44. The standard InChI is InChI=1S/C14H19NO4S/c1-2-15(12-6-7-12)8-9-20(18,19)13-5-3-4-11(10-13)14(16)17/h3-5,10,12H,2,6-9H2,1H3,(H,16,17). The fraction of sp³-hybridized carbons (Fsp3) is 0.500. The summed E-state index contributed by atoms with van der Waals surface area (Å²) in [5.41, 5.74) is 0.000570. The van der Waals surface area contributed by atoms with Crippen molar-refractivity contribution in [2.45, 2.75) is 30.7 Å². The maximum atomic E-state index is 12.3. The molecule has 1 aromatic rings. The summed E-state index contributed by atoms with van der Waals surface area (Å²) in [6, 6.07) is 6.07. The van der Waals surface area contributed by atoms with E-state index in [9.17, 15) is 13.2 Å². The molecule has 0 bridgehead atoms. The van der Waals surface area contributed by atoms with Gasteiger partial charge in [-0.1, -0.05) is 13.0 Å². The number of sulfone groups is 1. The van der Waals surface area contributed by atoms with Gasteiger partial charge < -0.3 is 5.11 Å². The van der Waals surface area contributed by atoms with E-state index in [0.29, 0.717) is 12.6 Å². The number of carboxylic acid groups (broad SMARTS) is 1. The Balaban J connectivity index is 2.09. The lowest BCUT2D eigenvalue weighted by Gasteiger charge is -2.19. The van der Waals surface area contributed by atoms with Crippen molar-refractivity contribution in [2.75, 3.05) is 18.8 Å². The molecule has 0 heterocycles. The molecule has 1 saturated carbocycles. The van der Waals surface area contributed by atoms with Gasteiger partial charge in [0.2, 0.25) is 0 Å². The predicted octanol–water partition coefficient (Wildman–Crippen LogP) is 1.64. The molecule has 1 aliphatic rings. The molecule has 0 saturated heterocycles. The van der Waals surface area contributed by atoms with Crippen molar-refractivity contribution in [3.63, 3.8) is 0 Å². The number of carbonyl (C=O) groups is 1. The smallest absolute Gasteiger partial charge is 0.335 e.